The lowest BCUT2D eigenvalue weighted by Crippen LogP contribution is -2.42. The number of nitrogens with one attached hydrogen (secondary N) is 1. The number of amides is 1. The molecule has 0 spiro atoms. The van der Waals surface area contributed by atoms with E-state index < -0.39 is 5.60 Å². The van der Waals surface area contributed by atoms with Gasteiger partial charge in [-0.05, 0) is 19.2 Å². The fraction of sp³-hybridized carbons (Fsp3) is 0.429. The Kier molecular flexibility index (Phi) is 4.35. The number of fused-ring (bicyclic) bond motifs is 1. The molecule has 2 rings (SSSR count). The van der Waals surface area contributed by atoms with Crippen molar-refractivity contribution in [1.29, 1.82) is 0 Å². The Bertz CT molecular complexity index is 622. The van der Waals surface area contributed by atoms with Crippen LogP contribution in [0.3, 0.4) is 0 Å². The monoisotopic (exact) mass is 293 g/mol. The summed E-state index contributed by atoms with van der Waals surface area (Å²) in [6, 6.07) is 7.58. The van der Waals surface area contributed by atoms with Crippen LogP contribution in [-0.2, 0) is 7.05 Å². The molecule has 0 radical (unpaired) electrons. The van der Waals surface area contributed by atoms with Crippen LogP contribution in [0.2, 0.25) is 0 Å². The maximum atomic E-state index is 12.2. The summed E-state index contributed by atoms with van der Waals surface area (Å²) in [6.45, 7) is 1.91. The fourth-order valence-electron chi connectivity index (χ4n) is 2.10. The highest BCUT2D eigenvalue weighted by Gasteiger charge is 2.22. The summed E-state index contributed by atoms with van der Waals surface area (Å²) in [4.78, 5) is 12.2. The van der Waals surface area contributed by atoms with Crippen molar-refractivity contribution in [2.24, 2.45) is 7.05 Å². The van der Waals surface area contributed by atoms with Crippen LogP contribution in [0.4, 0.5) is 0 Å². The molecule has 0 aliphatic heterocycles. The zero-order valence-corrected chi connectivity index (χ0v) is 12.7. The molecule has 5 nitrogen and oxygen atoms in total. The lowest BCUT2D eigenvalue weighted by Gasteiger charge is -2.22. The Hall–Kier alpha value is -1.53. The van der Waals surface area contributed by atoms with Crippen molar-refractivity contribution in [3.63, 3.8) is 0 Å². The van der Waals surface area contributed by atoms with E-state index in [0.29, 0.717) is 11.4 Å². The number of aliphatic hydroxyl groups is 1. The molecule has 1 heterocycles. The number of thioether (sulfide) groups is 1. The quantitative estimate of drug-likeness (QED) is 0.875. The second-order valence-corrected chi connectivity index (χ2v) is 5.97. The second-order valence-electron chi connectivity index (χ2n) is 5.10. The van der Waals surface area contributed by atoms with Crippen LogP contribution in [0.1, 0.15) is 17.4 Å². The van der Waals surface area contributed by atoms with Crippen LogP contribution >= 0.6 is 11.8 Å². The molecule has 20 heavy (non-hydrogen) atoms. The number of para-hydroxylation sites is 1. The minimum absolute atomic E-state index is 0.206. The molecule has 2 aromatic rings. The van der Waals surface area contributed by atoms with Crippen molar-refractivity contribution < 1.29 is 9.90 Å². The first-order valence-corrected chi connectivity index (χ1v) is 7.75. The van der Waals surface area contributed by atoms with Gasteiger partial charge < -0.3 is 10.4 Å². The van der Waals surface area contributed by atoms with Crippen molar-refractivity contribution in [2.75, 3.05) is 18.6 Å². The first kappa shape index (κ1) is 14.9. The normalized spacial score (nSPS) is 14.2. The summed E-state index contributed by atoms with van der Waals surface area (Å²) in [5.41, 5.74) is 0.385. The van der Waals surface area contributed by atoms with E-state index in [-0.39, 0.29) is 12.5 Å². The van der Waals surface area contributed by atoms with Crippen molar-refractivity contribution in [2.45, 2.75) is 12.5 Å². The lowest BCUT2D eigenvalue weighted by atomic mass is 10.1. The predicted molar refractivity (Wildman–Crippen MR) is 82.1 cm³/mol. The largest absolute Gasteiger partial charge is 0.387 e. The number of carbonyl (C=O) groups excluding carboxylic acids is 1. The van der Waals surface area contributed by atoms with Gasteiger partial charge in [-0.3, -0.25) is 9.48 Å². The fourth-order valence-corrected chi connectivity index (χ4v) is 2.82. The Morgan fingerprint density at radius 3 is 2.90 bits per heavy atom. The first-order valence-electron chi connectivity index (χ1n) is 6.36. The average molecular weight is 293 g/mol. The minimum atomic E-state index is -0.917. The zero-order valence-electron chi connectivity index (χ0n) is 11.9. The van der Waals surface area contributed by atoms with E-state index in [2.05, 4.69) is 10.4 Å². The molecule has 0 bridgehead atoms. The molecule has 0 aliphatic rings. The Morgan fingerprint density at radius 1 is 1.50 bits per heavy atom. The maximum absolute atomic E-state index is 12.2. The molecule has 1 aromatic carbocycles. The van der Waals surface area contributed by atoms with E-state index in [0.717, 1.165) is 10.9 Å². The van der Waals surface area contributed by atoms with Gasteiger partial charge in [0.25, 0.3) is 5.91 Å². The Balaban J connectivity index is 2.16. The van der Waals surface area contributed by atoms with E-state index in [1.54, 1.807) is 23.4 Å². The topological polar surface area (TPSA) is 67.2 Å². The number of aryl methyl sites for hydroxylation is 1. The number of rotatable bonds is 5. The number of carbonyl (C=O) groups is 1. The van der Waals surface area contributed by atoms with E-state index in [9.17, 15) is 9.90 Å². The van der Waals surface area contributed by atoms with E-state index in [1.165, 1.54) is 0 Å². The number of nitrogens with zero attached hydrogens (tertiary/aromatic N) is 2. The minimum Gasteiger partial charge on any atom is -0.387 e. The molecule has 0 saturated carbocycles. The molecule has 2 N–H and O–H groups in total. The lowest BCUT2D eigenvalue weighted by molar-refractivity contribution is 0.0723. The van der Waals surface area contributed by atoms with Gasteiger partial charge in [0.15, 0.2) is 5.69 Å². The van der Waals surface area contributed by atoms with Crippen LogP contribution in [0.15, 0.2) is 24.3 Å². The highest BCUT2D eigenvalue weighted by Crippen LogP contribution is 2.17. The summed E-state index contributed by atoms with van der Waals surface area (Å²) in [5, 5.41) is 17.9. The van der Waals surface area contributed by atoms with Gasteiger partial charge in [-0.15, -0.1) is 0 Å². The van der Waals surface area contributed by atoms with Gasteiger partial charge in [0.05, 0.1) is 11.1 Å². The smallest absolute Gasteiger partial charge is 0.272 e. The van der Waals surface area contributed by atoms with Crippen LogP contribution in [0.25, 0.3) is 10.9 Å². The van der Waals surface area contributed by atoms with Crippen LogP contribution in [0.5, 0.6) is 0 Å². The summed E-state index contributed by atoms with van der Waals surface area (Å²) in [5.74, 6) is 0.305. The van der Waals surface area contributed by atoms with E-state index in [4.69, 9.17) is 0 Å². The van der Waals surface area contributed by atoms with Crippen LogP contribution in [-0.4, -0.2) is 44.9 Å². The zero-order chi connectivity index (χ0) is 14.8. The van der Waals surface area contributed by atoms with Gasteiger partial charge >= 0.3 is 0 Å². The standard InChI is InChI=1S/C14H19N3O2S/c1-14(19,9-20-3)8-15-13(18)12-10-6-4-5-7-11(10)17(2)16-12/h4-7,19H,8-9H2,1-3H3,(H,15,18). The number of aromatic nitrogens is 2. The number of benzene rings is 1. The van der Waals surface area contributed by atoms with E-state index >= 15 is 0 Å². The summed E-state index contributed by atoms with van der Waals surface area (Å²) in [6.07, 6.45) is 1.92. The first-order chi connectivity index (χ1) is 9.44. The number of hydrogen-bond donors (Lipinski definition) is 2. The predicted octanol–water partition coefficient (Wildman–Crippen LogP) is 1.42. The molecule has 1 amide bonds. The molecular weight excluding hydrogens is 274 g/mol. The SMILES string of the molecule is CSCC(C)(O)CNC(=O)c1nn(C)c2ccccc12. The Morgan fingerprint density at radius 2 is 2.20 bits per heavy atom. The molecule has 6 heteroatoms. The van der Waals surface area contributed by atoms with Crippen molar-refractivity contribution in [3.05, 3.63) is 30.0 Å². The highest BCUT2D eigenvalue weighted by atomic mass is 32.2. The molecule has 1 atom stereocenters. The van der Waals surface area contributed by atoms with Gasteiger partial charge in [0.1, 0.15) is 0 Å². The third-order valence-corrected chi connectivity index (χ3v) is 3.97. The molecule has 0 saturated heterocycles. The van der Waals surface area contributed by atoms with Crippen molar-refractivity contribution in [3.8, 4) is 0 Å². The van der Waals surface area contributed by atoms with Gasteiger partial charge in [-0.1, -0.05) is 18.2 Å². The van der Waals surface area contributed by atoms with Gasteiger partial charge in [0.2, 0.25) is 0 Å². The van der Waals surface area contributed by atoms with E-state index in [1.807, 2.05) is 37.6 Å². The molecule has 0 fully saturated rings. The van der Waals surface area contributed by atoms with Crippen LogP contribution in [0, 0.1) is 0 Å². The van der Waals surface area contributed by atoms with Crippen molar-refractivity contribution in [1.82, 2.24) is 15.1 Å². The molecule has 1 unspecified atom stereocenters. The van der Waals surface area contributed by atoms with Gasteiger partial charge in [-0.2, -0.15) is 16.9 Å². The van der Waals surface area contributed by atoms with Crippen LogP contribution < -0.4 is 5.32 Å². The van der Waals surface area contributed by atoms with Gasteiger partial charge in [-0.25, -0.2) is 0 Å². The summed E-state index contributed by atoms with van der Waals surface area (Å²) < 4.78 is 1.68. The summed E-state index contributed by atoms with van der Waals surface area (Å²) in [7, 11) is 1.81. The second kappa shape index (κ2) is 5.85. The maximum Gasteiger partial charge on any atom is 0.272 e. The summed E-state index contributed by atoms with van der Waals surface area (Å²) >= 11 is 1.54. The van der Waals surface area contributed by atoms with Crippen molar-refractivity contribution >= 4 is 28.6 Å². The van der Waals surface area contributed by atoms with Gasteiger partial charge in [0, 0.05) is 24.7 Å². The third kappa shape index (κ3) is 3.13. The Labute approximate surface area is 122 Å². The molecule has 108 valence electrons. The number of hydrogen-bond acceptors (Lipinski definition) is 4. The molecule has 0 aliphatic carbocycles. The third-order valence-electron chi connectivity index (χ3n) is 3.06. The molecular formula is C14H19N3O2S. The average Bonchev–Trinajstić information content (AvgIpc) is 2.74. The highest BCUT2D eigenvalue weighted by molar-refractivity contribution is 7.98. The molecule has 1 aromatic heterocycles.